The lowest BCUT2D eigenvalue weighted by Crippen LogP contribution is -2.42. The van der Waals surface area contributed by atoms with Gasteiger partial charge in [-0.2, -0.15) is 0 Å². The van der Waals surface area contributed by atoms with Crippen LogP contribution < -0.4 is 4.74 Å². The summed E-state index contributed by atoms with van der Waals surface area (Å²) in [7, 11) is 0. The first-order valence-corrected chi connectivity index (χ1v) is 9.26. The number of hydrogen-bond donors (Lipinski definition) is 0. The fourth-order valence-electron chi connectivity index (χ4n) is 2.41. The number of carbonyl (C=O) groups excluding carboxylic acids is 1. The van der Waals surface area contributed by atoms with Gasteiger partial charge in [0.25, 0.3) is 0 Å². The van der Waals surface area contributed by atoms with Crippen LogP contribution in [0.5, 0.6) is 5.75 Å². The van der Waals surface area contributed by atoms with Gasteiger partial charge in [0.1, 0.15) is 11.4 Å². The van der Waals surface area contributed by atoms with E-state index in [1.54, 1.807) is 4.90 Å². The van der Waals surface area contributed by atoms with Crippen LogP contribution in [0.3, 0.4) is 0 Å². The summed E-state index contributed by atoms with van der Waals surface area (Å²) in [6.07, 6.45) is 1.65. The average Bonchev–Trinajstić information content (AvgIpc) is 2.45. The number of hydrogen-bond acceptors (Lipinski definition) is 3. The Balaban J connectivity index is 1.77. The van der Waals surface area contributed by atoms with Crippen LogP contribution in [0, 0.1) is 9.49 Å². The fourth-order valence-corrected chi connectivity index (χ4v) is 3.44. The summed E-state index contributed by atoms with van der Waals surface area (Å²) in [4.78, 5) is 13.8. The molecule has 128 valence electrons. The monoisotopic (exact) mass is 451 g/mol. The van der Waals surface area contributed by atoms with E-state index in [0.717, 1.165) is 35.3 Å². The lowest BCUT2D eigenvalue weighted by Gasteiger charge is -2.33. The van der Waals surface area contributed by atoms with Crippen molar-refractivity contribution in [3.63, 3.8) is 0 Å². The van der Waals surface area contributed by atoms with Crippen molar-refractivity contribution in [1.82, 2.24) is 4.90 Å². The average molecular weight is 452 g/mol. The number of carbonyl (C=O) groups is 1. The van der Waals surface area contributed by atoms with E-state index < -0.39 is 5.60 Å². The van der Waals surface area contributed by atoms with Gasteiger partial charge in [-0.3, -0.25) is 0 Å². The summed E-state index contributed by atoms with van der Waals surface area (Å²) in [5.74, 6) is 1.32. The lowest BCUT2D eigenvalue weighted by atomic mass is 9.98. The standard InChI is InChI=1S/C17H23ClINO3/c1-17(2,3)23-16(21)20-8-6-12(7-9-20)11-22-15-5-4-13(18)10-14(15)19/h4-5,10,12H,6-9,11H2,1-3H3. The van der Waals surface area contributed by atoms with Gasteiger partial charge >= 0.3 is 6.09 Å². The molecule has 0 spiro atoms. The number of rotatable bonds is 3. The summed E-state index contributed by atoms with van der Waals surface area (Å²) in [6.45, 7) is 7.78. The number of halogens is 2. The van der Waals surface area contributed by atoms with Gasteiger partial charge in [0.2, 0.25) is 0 Å². The van der Waals surface area contributed by atoms with Gasteiger partial charge in [0.05, 0.1) is 10.2 Å². The molecule has 6 heteroatoms. The highest BCUT2D eigenvalue weighted by Gasteiger charge is 2.27. The minimum absolute atomic E-state index is 0.218. The van der Waals surface area contributed by atoms with E-state index in [1.807, 2.05) is 39.0 Å². The number of likely N-dealkylation sites (tertiary alicyclic amines) is 1. The molecule has 1 amide bonds. The van der Waals surface area contributed by atoms with E-state index in [-0.39, 0.29) is 6.09 Å². The molecule has 1 fully saturated rings. The molecule has 2 rings (SSSR count). The third-order valence-electron chi connectivity index (χ3n) is 3.63. The van der Waals surface area contributed by atoms with Crippen LogP contribution in [0.15, 0.2) is 18.2 Å². The predicted molar refractivity (Wildman–Crippen MR) is 100 cm³/mol. The first kappa shape index (κ1) is 18.6. The molecule has 1 aliphatic rings. The van der Waals surface area contributed by atoms with Crippen LogP contribution >= 0.6 is 34.2 Å². The smallest absolute Gasteiger partial charge is 0.410 e. The van der Waals surface area contributed by atoms with E-state index >= 15 is 0 Å². The highest BCUT2D eigenvalue weighted by atomic mass is 127. The Kier molecular flexibility index (Phi) is 6.42. The van der Waals surface area contributed by atoms with Crippen molar-refractivity contribution in [1.29, 1.82) is 0 Å². The quantitative estimate of drug-likeness (QED) is 0.609. The summed E-state index contributed by atoms with van der Waals surface area (Å²) >= 11 is 8.17. The van der Waals surface area contributed by atoms with Crippen molar-refractivity contribution in [2.24, 2.45) is 5.92 Å². The van der Waals surface area contributed by atoms with Crippen LogP contribution in [0.25, 0.3) is 0 Å². The molecule has 0 bridgehead atoms. The van der Waals surface area contributed by atoms with E-state index in [4.69, 9.17) is 21.1 Å². The number of nitrogens with zero attached hydrogens (tertiary/aromatic N) is 1. The van der Waals surface area contributed by atoms with Crippen molar-refractivity contribution in [3.8, 4) is 5.75 Å². The zero-order valence-electron chi connectivity index (χ0n) is 13.8. The van der Waals surface area contributed by atoms with Gasteiger partial charge in [-0.05, 0) is 80.3 Å². The van der Waals surface area contributed by atoms with Crippen molar-refractivity contribution in [3.05, 3.63) is 26.8 Å². The highest BCUT2D eigenvalue weighted by Crippen LogP contribution is 2.26. The molecule has 23 heavy (non-hydrogen) atoms. The number of amides is 1. The van der Waals surface area contributed by atoms with E-state index in [2.05, 4.69) is 22.6 Å². The SMILES string of the molecule is CC(C)(C)OC(=O)N1CCC(COc2ccc(Cl)cc2I)CC1. The van der Waals surface area contributed by atoms with Gasteiger partial charge in [0, 0.05) is 18.1 Å². The van der Waals surface area contributed by atoms with Crippen molar-refractivity contribution in [2.45, 2.75) is 39.2 Å². The van der Waals surface area contributed by atoms with Gasteiger partial charge in [-0.1, -0.05) is 11.6 Å². The Bertz CT molecular complexity index is 551. The minimum Gasteiger partial charge on any atom is -0.492 e. The second-order valence-electron chi connectivity index (χ2n) is 6.80. The Labute approximate surface area is 156 Å². The highest BCUT2D eigenvalue weighted by molar-refractivity contribution is 14.1. The van der Waals surface area contributed by atoms with Crippen LogP contribution in [-0.4, -0.2) is 36.3 Å². The van der Waals surface area contributed by atoms with Crippen molar-refractivity contribution < 1.29 is 14.3 Å². The number of ether oxygens (including phenoxy) is 2. The molecular weight excluding hydrogens is 429 g/mol. The second kappa shape index (κ2) is 7.92. The number of piperidine rings is 1. The third kappa shape index (κ3) is 6.03. The molecule has 1 heterocycles. The predicted octanol–water partition coefficient (Wildman–Crippen LogP) is 4.97. The zero-order chi connectivity index (χ0) is 17.0. The molecule has 0 saturated carbocycles. The summed E-state index contributed by atoms with van der Waals surface area (Å²) in [5.41, 5.74) is -0.442. The first-order chi connectivity index (χ1) is 10.7. The van der Waals surface area contributed by atoms with E-state index in [0.29, 0.717) is 17.5 Å². The topological polar surface area (TPSA) is 38.8 Å². The zero-order valence-corrected chi connectivity index (χ0v) is 16.7. The van der Waals surface area contributed by atoms with Gasteiger partial charge in [-0.25, -0.2) is 4.79 Å². The third-order valence-corrected chi connectivity index (χ3v) is 4.71. The molecule has 1 aromatic carbocycles. The Morgan fingerprint density at radius 2 is 2.00 bits per heavy atom. The maximum atomic E-state index is 12.0. The molecular formula is C17H23ClINO3. The molecule has 1 aliphatic heterocycles. The van der Waals surface area contributed by atoms with Gasteiger partial charge in [0.15, 0.2) is 0 Å². The molecule has 0 aromatic heterocycles. The number of benzene rings is 1. The molecule has 1 aromatic rings. The molecule has 0 radical (unpaired) electrons. The largest absolute Gasteiger partial charge is 0.492 e. The van der Waals surface area contributed by atoms with Crippen LogP contribution in [0.2, 0.25) is 5.02 Å². The molecule has 0 aliphatic carbocycles. The van der Waals surface area contributed by atoms with Gasteiger partial charge < -0.3 is 14.4 Å². The molecule has 0 unspecified atom stereocenters. The summed E-state index contributed by atoms with van der Waals surface area (Å²) < 4.78 is 12.3. The minimum atomic E-state index is -0.442. The van der Waals surface area contributed by atoms with Crippen molar-refractivity contribution in [2.75, 3.05) is 19.7 Å². The Hall–Kier alpha value is -0.690. The van der Waals surface area contributed by atoms with Crippen LogP contribution in [0.4, 0.5) is 4.79 Å². The van der Waals surface area contributed by atoms with E-state index in [1.165, 1.54) is 0 Å². The normalized spacial score (nSPS) is 16.3. The van der Waals surface area contributed by atoms with Crippen molar-refractivity contribution >= 4 is 40.3 Å². The van der Waals surface area contributed by atoms with E-state index in [9.17, 15) is 4.79 Å². The lowest BCUT2D eigenvalue weighted by molar-refractivity contribution is 0.0165. The fraction of sp³-hybridized carbons (Fsp3) is 0.588. The maximum absolute atomic E-state index is 12.0. The second-order valence-corrected chi connectivity index (χ2v) is 8.40. The van der Waals surface area contributed by atoms with Gasteiger partial charge in [-0.15, -0.1) is 0 Å². The summed E-state index contributed by atoms with van der Waals surface area (Å²) in [5, 5.41) is 0.715. The molecule has 1 saturated heterocycles. The van der Waals surface area contributed by atoms with Crippen LogP contribution in [0.1, 0.15) is 33.6 Å². The summed E-state index contributed by atoms with van der Waals surface area (Å²) in [6, 6.07) is 5.63. The molecule has 0 atom stereocenters. The molecule has 4 nitrogen and oxygen atoms in total. The Morgan fingerprint density at radius 1 is 1.35 bits per heavy atom. The Morgan fingerprint density at radius 3 is 2.57 bits per heavy atom. The molecule has 0 N–H and O–H groups in total. The van der Waals surface area contributed by atoms with Crippen LogP contribution in [-0.2, 0) is 4.74 Å². The maximum Gasteiger partial charge on any atom is 0.410 e. The first-order valence-electron chi connectivity index (χ1n) is 7.80.